The molecule has 0 aliphatic carbocycles. The van der Waals surface area contributed by atoms with Gasteiger partial charge in [-0.15, -0.1) is 0 Å². The van der Waals surface area contributed by atoms with E-state index in [4.69, 9.17) is 4.74 Å². The van der Waals surface area contributed by atoms with Crippen LogP contribution >= 0.6 is 0 Å². The van der Waals surface area contributed by atoms with Crippen LogP contribution in [-0.4, -0.2) is 13.3 Å². The van der Waals surface area contributed by atoms with Crippen LogP contribution in [0.15, 0.2) is 115 Å². The summed E-state index contributed by atoms with van der Waals surface area (Å²) >= 11 is -2.68. The molecule has 0 N–H and O–H groups in total. The first-order chi connectivity index (χ1) is 13.8. The van der Waals surface area contributed by atoms with E-state index in [2.05, 4.69) is 103 Å². The van der Waals surface area contributed by atoms with E-state index in [1.165, 1.54) is 18.8 Å². The topological polar surface area (TPSA) is 9.23 Å². The second-order valence-corrected chi connectivity index (χ2v) is 15.5. The van der Waals surface area contributed by atoms with Gasteiger partial charge in [-0.2, -0.15) is 0 Å². The molecule has 1 nitrogen and oxygen atoms in total. The maximum absolute atomic E-state index is 5.99. The Balaban J connectivity index is 1.64. The third-order valence-corrected chi connectivity index (χ3v) is 14.7. The Bertz CT molecular complexity index is 957. The molecule has 0 unspecified atom stereocenters. The van der Waals surface area contributed by atoms with Crippen LogP contribution in [0.4, 0.5) is 0 Å². The summed E-state index contributed by atoms with van der Waals surface area (Å²) in [6.07, 6.45) is 0. The molecule has 138 valence electrons. The van der Waals surface area contributed by atoms with Crippen molar-refractivity contribution in [2.24, 2.45) is 0 Å². The number of rotatable bonds is 6. The first-order valence-electron chi connectivity index (χ1n) is 9.65. The summed E-state index contributed by atoms with van der Waals surface area (Å²) in [6, 6.07) is 41.0. The summed E-state index contributed by atoms with van der Waals surface area (Å²) in [7, 11) is 0. The molecule has 0 amide bonds. The molecule has 0 atom stereocenters. The number of ether oxygens (including phenoxy) is 1. The molecule has 4 aromatic carbocycles. The molecule has 0 aliphatic rings. The molecule has 0 radical (unpaired) electrons. The predicted molar refractivity (Wildman–Crippen MR) is 121 cm³/mol. The van der Waals surface area contributed by atoms with Crippen molar-refractivity contribution in [3.05, 3.63) is 121 Å². The van der Waals surface area contributed by atoms with Gasteiger partial charge in [0, 0.05) is 0 Å². The van der Waals surface area contributed by atoms with Gasteiger partial charge in [-0.1, -0.05) is 0 Å². The molecule has 0 spiro atoms. The van der Waals surface area contributed by atoms with Crippen LogP contribution in [0, 0.1) is 0 Å². The SMILES string of the molecule is [CH3][Ge]([c]1ccccc1)([c]1ccccc1)[c]1ccc(OCc2ccccc2)cc1. The number of benzene rings is 4. The second kappa shape index (κ2) is 8.49. The molecule has 2 heteroatoms. The van der Waals surface area contributed by atoms with E-state index in [1.54, 1.807) is 0 Å². The van der Waals surface area contributed by atoms with Gasteiger partial charge in [-0.05, 0) is 0 Å². The van der Waals surface area contributed by atoms with Gasteiger partial charge < -0.3 is 0 Å². The summed E-state index contributed by atoms with van der Waals surface area (Å²) in [5, 5.41) is 0. The summed E-state index contributed by atoms with van der Waals surface area (Å²) in [5.74, 6) is 3.39. The van der Waals surface area contributed by atoms with E-state index in [1.807, 2.05) is 18.2 Å². The fourth-order valence-corrected chi connectivity index (χ4v) is 11.1. The van der Waals surface area contributed by atoms with E-state index < -0.39 is 13.3 Å². The minimum atomic E-state index is -2.68. The minimum absolute atomic E-state index is 0.594. The number of hydrogen-bond acceptors (Lipinski definition) is 1. The average molecular weight is 425 g/mol. The Labute approximate surface area is 170 Å². The number of hydrogen-bond donors (Lipinski definition) is 0. The molecule has 0 aromatic heterocycles. The van der Waals surface area contributed by atoms with Gasteiger partial charge in [-0.3, -0.25) is 0 Å². The van der Waals surface area contributed by atoms with Gasteiger partial charge in [0.15, 0.2) is 0 Å². The van der Waals surface area contributed by atoms with Gasteiger partial charge in [0.25, 0.3) is 0 Å². The normalized spacial score (nSPS) is 11.2. The van der Waals surface area contributed by atoms with Crippen LogP contribution in [-0.2, 0) is 6.61 Å². The van der Waals surface area contributed by atoms with Gasteiger partial charge in [0.05, 0.1) is 0 Å². The van der Waals surface area contributed by atoms with Crippen LogP contribution in [0.2, 0.25) is 5.76 Å². The Hall–Kier alpha value is -2.78. The zero-order valence-corrected chi connectivity index (χ0v) is 18.2. The molecular formula is C26H24GeO. The van der Waals surface area contributed by atoms with Crippen LogP contribution in [0.1, 0.15) is 5.56 Å². The molecular weight excluding hydrogens is 401 g/mol. The molecule has 0 fully saturated rings. The Morgan fingerprint density at radius 3 is 1.46 bits per heavy atom. The van der Waals surface area contributed by atoms with Crippen molar-refractivity contribution >= 4 is 26.5 Å². The van der Waals surface area contributed by atoms with Gasteiger partial charge in [-0.25, -0.2) is 0 Å². The second-order valence-electron chi connectivity index (χ2n) is 7.16. The van der Waals surface area contributed by atoms with Crippen LogP contribution in [0.5, 0.6) is 5.75 Å². The molecule has 4 aromatic rings. The summed E-state index contributed by atoms with van der Waals surface area (Å²) in [4.78, 5) is 0. The monoisotopic (exact) mass is 426 g/mol. The van der Waals surface area contributed by atoms with Gasteiger partial charge >= 0.3 is 170 Å². The van der Waals surface area contributed by atoms with Crippen LogP contribution < -0.4 is 17.9 Å². The fourth-order valence-electron chi connectivity index (χ4n) is 3.67. The fraction of sp³-hybridized carbons (Fsp3) is 0.0769. The first kappa shape index (κ1) is 18.6. The van der Waals surface area contributed by atoms with Crippen molar-refractivity contribution in [3.63, 3.8) is 0 Å². The zero-order valence-electron chi connectivity index (χ0n) is 16.1. The summed E-state index contributed by atoms with van der Waals surface area (Å²) in [6.45, 7) is 0.594. The quantitative estimate of drug-likeness (QED) is 0.418. The summed E-state index contributed by atoms with van der Waals surface area (Å²) < 4.78 is 10.4. The van der Waals surface area contributed by atoms with Crippen molar-refractivity contribution in [3.8, 4) is 5.75 Å². The predicted octanol–water partition coefficient (Wildman–Crippen LogP) is 4.37. The molecule has 0 saturated heterocycles. The van der Waals surface area contributed by atoms with E-state index >= 15 is 0 Å². The first-order valence-corrected chi connectivity index (χ1v) is 14.9. The van der Waals surface area contributed by atoms with E-state index in [-0.39, 0.29) is 0 Å². The average Bonchev–Trinajstić information content (AvgIpc) is 2.79. The molecule has 0 heterocycles. The van der Waals surface area contributed by atoms with E-state index in [0.29, 0.717) is 6.61 Å². The van der Waals surface area contributed by atoms with Gasteiger partial charge in [0.2, 0.25) is 0 Å². The van der Waals surface area contributed by atoms with Crippen molar-refractivity contribution in [2.75, 3.05) is 0 Å². The van der Waals surface area contributed by atoms with Crippen LogP contribution in [0.3, 0.4) is 0 Å². The van der Waals surface area contributed by atoms with Crippen molar-refractivity contribution in [1.82, 2.24) is 0 Å². The van der Waals surface area contributed by atoms with Crippen molar-refractivity contribution in [2.45, 2.75) is 12.4 Å². The Morgan fingerprint density at radius 1 is 0.536 bits per heavy atom. The van der Waals surface area contributed by atoms with E-state index in [0.717, 1.165) is 5.75 Å². The maximum atomic E-state index is 5.99. The summed E-state index contributed by atoms with van der Waals surface area (Å²) in [5.41, 5.74) is 1.18. The van der Waals surface area contributed by atoms with E-state index in [9.17, 15) is 0 Å². The molecule has 0 saturated carbocycles. The van der Waals surface area contributed by atoms with Gasteiger partial charge in [0.1, 0.15) is 0 Å². The molecule has 4 rings (SSSR count). The third kappa shape index (κ3) is 3.90. The van der Waals surface area contributed by atoms with Crippen molar-refractivity contribution in [1.29, 1.82) is 0 Å². The zero-order chi connectivity index (χ0) is 19.2. The standard InChI is InChI=1S/C26H24GeO/c1-27(23-13-7-3-8-14-23,24-15-9-4-10-16-24)25-17-19-26(20-18-25)28-21-22-11-5-2-6-12-22/h2-20H,21H2,1H3. The molecule has 0 bridgehead atoms. The Morgan fingerprint density at radius 2 is 0.964 bits per heavy atom. The van der Waals surface area contributed by atoms with Crippen LogP contribution in [0.25, 0.3) is 0 Å². The van der Waals surface area contributed by atoms with Crippen molar-refractivity contribution < 1.29 is 4.74 Å². The molecule has 28 heavy (non-hydrogen) atoms. The Kier molecular flexibility index (Phi) is 5.63. The third-order valence-electron chi connectivity index (χ3n) is 5.38. The molecule has 0 aliphatic heterocycles.